The molecule has 3 N–H and O–H groups in total. The Balaban J connectivity index is 2.27. The number of carboxylic acids is 1. The number of nitrogens with zero attached hydrogens (tertiary/aromatic N) is 2. The smallest absolute Gasteiger partial charge is 0.332 e. The molecule has 1 aliphatic heterocycles. The number of carbonyl (C=O) groups excluding carboxylic acids is 1. The Morgan fingerprint density at radius 1 is 1.42 bits per heavy atom. The molecule has 7 heteroatoms. The molecule has 19 heavy (non-hydrogen) atoms. The van der Waals surface area contributed by atoms with E-state index in [4.69, 9.17) is 10.2 Å². The van der Waals surface area contributed by atoms with Crippen LogP contribution in [0.15, 0.2) is 0 Å². The van der Waals surface area contributed by atoms with Crippen LogP contribution in [0.25, 0.3) is 0 Å². The number of urea groups is 1. The predicted octanol–water partition coefficient (Wildman–Crippen LogP) is -0.442. The quantitative estimate of drug-likeness (QED) is 0.631. The maximum absolute atomic E-state index is 11.8. The first-order valence-electron chi connectivity index (χ1n) is 6.52. The van der Waals surface area contributed by atoms with E-state index in [2.05, 4.69) is 17.3 Å². The van der Waals surface area contributed by atoms with Crippen molar-refractivity contribution >= 4 is 12.0 Å². The van der Waals surface area contributed by atoms with Crippen molar-refractivity contribution in [2.45, 2.75) is 31.4 Å². The summed E-state index contributed by atoms with van der Waals surface area (Å²) in [4.78, 5) is 26.2. The first-order chi connectivity index (χ1) is 8.91. The number of aliphatic hydroxyl groups excluding tert-OH is 1. The van der Waals surface area contributed by atoms with E-state index in [1.165, 1.54) is 0 Å². The van der Waals surface area contributed by atoms with E-state index < -0.39 is 12.1 Å². The van der Waals surface area contributed by atoms with Gasteiger partial charge >= 0.3 is 12.0 Å². The molecule has 110 valence electrons. The first kappa shape index (κ1) is 15.7. The predicted molar refractivity (Wildman–Crippen MR) is 69.9 cm³/mol. The van der Waals surface area contributed by atoms with Crippen LogP contribution in [0.5, 0.6) is 0 Å². The SMILES string of the molecule is CN1CCC(N(C)C(=O)NCCC(O)C(=O)O)CC1. The highest BCUT2D eigenvalue weighted by Crippen LogP contribution is 2.13. The van der Waals surface area contributed by atoms with Gasteiger partial charge in [0, 0.05) is 26.1 Å². The van der Waals surface area contributed by atoms with Crippen LogP contribution in [-0.2, 0) is 4.79 Å². The third-order valence-electron chi connectivity index (χ3n) is 3.54. The highest BCUT2D eigenvalue weighted by atomic mass is 16.4. The highest BCUT2D eigenvalue weighted by molar-refractivity contribution is 5.74. The van der Waals surface area contributed by atoms with Crippen LogP contribution in [0.2, 0.25) is 0 Å². The molecular formula is C12H23N3O4. The van der Waals surface area contributed by atoms with Gasteiger partial charge in [0.1, 0.15) is 0 Å². The van der Waals surface area contributed by atoms with E-state index >= 15 is 0 Å². The number of carboxylic acid groups (broad SMARTS) is 1. The topological polar surface area (TPSA) is 93.1 Å². The second kappa shape index (κ2) is 7.30. The van der Waals surface area contributed by atoms with Crippen molar-refractivity contribution in [2.24, 2.45) is 0 Å². The second-order valence-corrected chi connectivity index (χ2v) is 5.02. The van der Waals surface area contributed by atoms with Crippen LogP contribution < -0.4 is 5.32 Å². The zero-order chi connectivity index (χ0) is 14.4. The van der Waals surface area contributed by atoms with Gasteiger partial charge in [-0.3, -0.25) is 0 Å². The number of aliphatic hydroxyl groups is 1. The van der Waals surface area contributed by atoms with Gasteiger partial charge in [-0.05, 0) is 33.0 Å². The molecule has 7 nitrogen and oxygen atoms in total. The van der Waals surface area contributed by atoms with Gasteiger partial charge in [-0.25, -0.2) is 9.59 Å². The molecule has 2 amide bonds. The molecule has 0 aliphatic carbocycles. The van der Waals surface area contributed by atoms with Crippen molar-refractivity contribution < 1.29 is 19.8 Å². The summed E-state index contributed by atoms with van der Waals surface area (Å²) in [5.74, 6) is -1.27. The minimum atomic E-state index is -1.42. The lowest BCUT2D eigenvalue weighted by Gasteiger charge is -2.35. The maximum atomic E-state index is 11.8. The second-order valence-electron chi connectivity index (χ2n) is 5.02. The Morgan fingerprint density at radius 2 is 2.00 bits per heavy atom. The average Bonchev–Trinajstić information content (AvgIpc) is 2.38. The Bertz CT molecular complexity index is 316. The zero-order valence-electron chi connectivity index (χ0n) is 11.5. The van der Waals surface area contributed by atoms with Crippen LogP contribution in [-0.4, -0.2) is 77.9 Å². The lowest BCUT2D eigenvalue weighted by atomic mass is 10.0. The Hall–Kier alpha value is -1.34. The number of piperidine rings is 1. The molecule has 0 aromatic rings. The number of amides is 2. The molecular weight excluding hydrogens is 250 g/mol. The normalized spacial score (nSPS) is 18.9. The monoisotopic (exact) mass is 273 g/mol. The molecule has 1 saturated heterocycles. The Kier molecular flexibility index (Phi) is 6.04. The van der Waals surface area contributed by atoms with Crippen molar-refractivity contribution in [3.05, 3.63) is 0 Å². The minimum absolute atomic E-state index is 0.0162. The number of hydrogen-bond acceptors (Lipinski definition) is 4. The number of hydrogen-bond donors (Lipinski definition) is 3. The van der Waals surface area contributed by atoms with Crippen molar-refractivity contribution in [1.82, 2.24) is 15.1 Å². The molecule has 0 spiro atoms. The molecule has 1 fully saturated rings. The third-order valence-corrected chi connectivity index (χ3v) is 3.54. The van der Waals surface area contributed by atoms with Crippen LogP contribution in [0.3, 0.4) is 0 Å². The van der Waals surface area contributed by atoms with Gasteiger partial charge in [0.15, 0.2) is 6.10 Å². The number of nitrogens with one attached hydrogen (secondary N) is 1. The van der Waals surface area contributed by atoms with Gasteiger partial charge in [-0.15, -0.1) is 0 Å². The number of aliphatic carboxylic acids is 1. The summed E-state index contributed by atoms with van der Waals surface area (Å²) in [6, 6.07) is 0.00717. The minimum Gasteiger partial charge on any atom is -0.479 e. The largest absolute Gasteiger partial charge is 0.479 e. The molecule has 0 aromatic carbocycles. The first-order valence-corrected chi connectivity index (χ1v) is 6.52. The molecule has 1 rings (SSSR count). The van der Waals surface area contributed by atoms with Gasteiger partial charge in [0.2, 0.25) is 0 Å². The maximum Gasteiger partial charge on any atom is 0.332 e. The number of carbonyl (C=O) groups is 2. The van der Waals surface area contributed by atoms with Crippen LogP contribution in [0.1, 0.15) is 19.3 Å². The standard InChI is InChI=1S/C12H23N3O4/c1-14-7-4-9(5-8-14)15(2)12(19)13-6-3-10(16)11(17)18/h9-10,16H,3-8H2,1-2H3,(H,13,19)(H,17,18). The highest BCUT2D eigenvalue weighted by Gasteiger charge is 2.24. The van der Waals surface area contributed by atoms with Crippen molar-refractivity contribution in [1.29, 1.82) is 0 Å². The number of rotatable bonds is 5. The van der Waals surface area contributed by atoms with E-state index in [0.717, 1.165) is 25.9 Å². The third kappa shape index (κ3) is 5.04. The zero-order valence-corrected chi connectivity index (χ0v) is 11.5. The molecule has 0 radical (unpaired) electrons. The molecule has 1 aliphatic rings. The van der Waals surface area contributed by atoms with Gasteiger partial charge in [-0.2, -0.15) is 0 Å². The number of likely N-dealkylation sites (tertiary alicyclic amines) is 1. The van der Waals surface area contributed by atoms with Gasteiger partial charge in [-0.1, -0.05) is 0 Å². The van der Waals surface area contributed by atoms with E-state index in [9.17, 15) is 9.59 Å². The fourth-order valence-corrected chi connectivity index (χ4v) is 2.11. The lowest BCUT2D eigenvalue weighted by Crippen LogP contribution is -2.48. The van der Waals surface area contributed by atoms with E-state index in [1.54, 1.807) is 11.9 Å². The van der Waals surface area contributed by atoms with Crippen LogP contribution in [0.4, 0.5) is 4.79 Å². The van der Waals surface area contributed by atoms with Crippen molar-refractivity contribution in [3.63, 3.8) is 0 Å². The lowest BCUT2D eigenvalue weighted by molar-refractivity contribution is -0.146. The molecule has 1 heterocycles. The van der Waals surface area contributed by atoms with Crippen LogP contribution in [0, 0.1) is 0 Å². The summed E-state index contributed by atoms with van der Waals surface area (Å²) in [5.41, 5.74) is 0. The van der Waals surface area contributed by atoms with E-state index in [0.29, 0.717) is 0 Å². The van der Waals surface area contributed by atoms with E-state index in [-0.39, 0.29) is 25.0 Å². The molecule has 1 atom stereocenters. The molecule has 1 unspecified atom stereocenters. The van der Waals surface area contributed by atoms with Gasteiger partial charge in [0.25, 0.3) is 0 Å². The van der Waals surface area contributed by atoms with E-state index in [1.807, 2.05) is 0 Å². The summed E-state index contributed by atoms with van der Waals surface area (Å²) in [5, 5.41) is 20.2. The summed E-state index contributed by atoms with van der Waals surface area (Å²) < 4.78 is 0. The average molecular weight is 273 g/mol. The summed E-state index contributed by atoms with van der Waals surface area (Å²) in [6.45, 7) is 2.10. The summed E-state index contributed by atoms with van der Waals surface area (Å²) in [6.07, 6.45) is 0.479. The summed E-state index contributed by atoms with van der Waals surface area (Å²) in [7, 11) is 3.81. The molecule has 0 saturated carbocycles. The molecule has 0 aromatic heterocycles. The van der Waals surface area contributed by atoms with Crippen molar-refractivity contribution in [2.75, 3.05) is 33.7 Å². The van der Waals surface area contributed by atoms with Crippen molar-refractivity contribution in [3.8, 4) is 0 Å². The Labute approximate surface area is 113 Å². The summed E-state index contributed by atoms with van der Waals surface area (Å²) >= 11 is 0. The Morgan fingerprint density at radius 3 is 2.53 bits per heavy atom. The van der Waals surface area contributed by atoms with Gasteiger partial charge < -0.3 is 25.3 Å². The van der Waals surface area contributed by atoms with Crippen LogP contribution >= 0.6 is 0 Å². The van der Waals surface area contributed by atoms with Gasteiger partial charge in [0.05, 0.1) is 0 Å². The molecule has 0 bridgehead atoms. The fraction of sp³-hybridized carbons (Fsp3) is 0.833. The fourth-order valence-electron chi connectivity index (χ4n) is 2.11.